The molecule has 1 aliphatic heterocycles. The number of ether oxygens (including phenoxy) is 2. The average molecular weight is 525 g/mol. The molecule has 0 fully saturated rings. The monoisotopic (exact) mass is 524 g/mol. The van der Waals surface area contributed by atoms with E-state index in [0.717, 1.165) is 0 Å². The predicted molar refractivity (Wildman–Crippen MR) is 139 cm³/mol. The summed E-state index contributed by atoms with van der Waals surface area (Å²) in [6.45, 7) is 5.32. The number of carbonyl (C=O) groups excluding carboxylic acids is 1. The van der Waals surface area contributed by atoms with E-state index in [1.165, 1.54) is 16.8 Å². The molecule has 0 amide bonds. The van der Waals surface area contributed by atoms with Gasteiger partial charge < -0.3 is 24.7 Å². The van der Waals surface area contributed by atoms with Crippen LogP contribution in [0, 0.1) is 18.3 Å². The second-order valence-corrected chi connectivity index (χ2v) is 9.23. The molecule has 4 aromatic rings. The topological polar surface area (TPSA) is 154 Å². The van der Waals surface area contributed by atoms with Crippen molar-refractivity contribution in [2.24, 2.45) is 5.73 Å². The van der Waals surface area contributed by atoms with Gasteiger partial charge >= 0.3 is 11.9 Å². The van der Waals surface area contributed by atoms with E-state index in [0.29, 0.717) is 39.6 Å². The van der Waals surface area contributed by atoms with Crippen LogP contribution in [0.3, 0.4) is 0 Å². The third-order valence-corrected chi connectivity index (χ3v) is 6.21. The highest BCUT2D eigenvalue weighted by molar-refractivity contribution is 5.91. The summed E-state index contributed by atoms with van der Waals surface area (Å²) in [5.74, 6) is -1.19. The molecule has 10 nitrogen and oxygen atoms in total. The van der Waals surface area contributed by atoms with Crippen LogP contribution in [0.25, 0.3) is 17.0 Å². The molecule has 39 heavy (non-hydrogen) atoms. The minimum atomic E-state index is -1.08. The molecule has 0 radical (unpaired) electrons. The van der Waals surface area contributed by atoms with Crippen LogP contribution < -0.4 is 10.5 Å². The molecule has 3 N–H and O–H groups in total. The molecule has 1 aliphatic rings. The summed E-state index contributed by atoms with van der Waals surface area (Å²) in [7, 11) is 0. The van der Waals surface area contributed by atoms with Crippen LogP contribution in [0.2, 0.25) is 0 Å². The van der Waals surface area contributed by atoms with Gasteiger partial charge in [-0.25, -0.2) is 14.3 Å². The molecule has 196 valence electrons. The lowest BCUT2D eigenvalue weighted by atomic mass is 9.88. The number of carboxylic acids is 1. The summed E-state index contributed by atoms with van der Waals surface area (Å²) in [5, 5.41) is 24.0. The Morgan fingerprint density at radius 3 is 2.59 bits per heavy atom. The fourth-order valence-corrected chi connectivity index (χ4v) is 4.49. The van der Waals surface area contributed by atoms with Crippen molar-refractivity contribution in [3.63, 3.8) is 0 Å². The van der Waals surface area contributed by atoms with Gasteiger partial charge in [-0.15, -0.1) is 0 Å². The maximum atomic E-state index is 12.4. The number of carbonyl (C=O) groups is 2. The highest BCUT2D eigenvalue weighted by Crippen LogP contribution is 2.45. The van der Waals surface area contributed by atoms with Gasteiger partial charge in [-0.2, -0.15) is 10.4 Å². The molecule has 2 aromatic carbocycles. The number of nitriles is 1. The molecule has 2 aromatic heterocycles. The molecule has 0 spiro atoms. The summed E-state index contributed by atoms with van der Waals surface area (Å²) in [6, 6.07) is 18.7. The SMILES string of the molecule is Cc1nn(-c2cccc(C(=O)O)c2)c2c1C(c1ccc(-c3cccc(C(=O)OC(C)C)c3)o1)C(C#N)=C(N)O2. The van der Waals surface area contributed by atoms with Gasteiger partial charge in [-0.05, 0) is 63.2 Å². The Labute approximate surface area is 223 Å². The van der Waals surface area contributed by atoms with E-state index in [9.17, 15) is 20.0 Å². The number of nitrogens with zero attached hydrogens (tertiary/aromatic N) is 3. The summed E-state index contributed by atoms with van der Waals surface area (Å²) in [5.41, 5.74) is 9.02. The van der Waals surface area contributed by atoms with Crippen molar-refractivity contribution in [3.05, 3.63) is 100 Å². The molecule has 5 rings (SSSR count). The number of fused-ring (bicyclic) bond motifs is 1. The molecule has 0 bridgehead atoms. The molecule has 1 unspecified atom stereocenters. The van der Waals surface area contributed by atoms with E-state index >= 15 is 0 Å². The zero-order chi connectivity index (χ0) is 27.8. The third kappa shape index (κ3) is 4.62. The van der Waals surface area contributed by atoms with Crippen LogP contribution in [-0.2, 0) is 4.74 Å². The number of esters is 1. The summed E-state index contributed by atoms with van der Waals surface area (Å²) < 4.78 is 18.8. The highest BCUT2D eigenvalue weighted by atomic mass is 16.5. The zero-order valence-corrected chi connectivity index (χ0v) is 21.3. The number of furan rings is 1. The van der Waals surface area contributed by atoms with Crippen molar-refractivity contribution in [3.8, 4) is 29.0 Å². The first-order valence-corrected chi connectivity index (χ1v) is 12.1. The number of rotatable bonds is 6. The van der Waals surface area contributed by atoms with Crippen molar-refractivity contribution in [1.29, 1.82) is 5.26 Å². The van der Waals surface area contributed by atoms with E-state index in [4.69, 9.17) is 19.6 Å². The number of hydrogen-bond acceptors (Lipinski definition) is 8. The molecule has 3 heterocycles. The molecule has 0 saturated heterocycles. The Hall–Kier alpha value is -5.30. The zero-order valence-electron chi connectivity index (χ0n) is 21.3. The van der Waals surface area contributed by atoms with Gasteiger partial charge in [0, 0.05) is 5.56 Å². The van der Waals surface area contributed by atoms with E-state index < -0.39 is 17.9 Å². The van der Waals surface area contributed by atoms with Gasteiger partial charge in [-0.1, -0.05) is 18.2 Å². The van der Waals surface area contributed by atoms with Crippen molar-refractivity contribution in [1.82, 2.24) is 9.78 Å². The standard InChI is InChI=1S/C29H24N4O6/c1-15(2)37-29(36)19-8-4-6-17(12-19)22-10-11-23(38-22)25-21(14-30)26(31)39-27-24(25)16(3)32-33(27)20-9-5-7-18(13-20)28(34)35/h4-13,15,25H,31H2,1-3H3,(H,34,35). The maximum absolute atomic E-state index is 12.4. The fourth-order valence-electron chi connectivity index (χ4n) is 4.49. The quantitative estimate of drug-likeness (QED) is 0.334. The van der Waals surface area contributed by atoms with Crippen molar-refractivity contribution < 1.29 is 28.6 Å². The predicted octanol–water partition coefficient (Wildman–Crippen LogP) is 4.92. The summed E-state index contributed by atoms with van der Waals surface area (Å²) in [4.78, 5) is 23.9. The molecular formula is C29H24N4O6. The number of carboxylic acid groups (broad SMARTS) is 1. The normalized spacial score (nSPS) is 14.5. The van der Waals surface area contributed by atoms with Crippen LogP contribution in [-0.4, -0.2) is 32.9 Å². The molecular weight excluding hydrogens is 500 g/mol. The van der Waals surface area contributed by atoms with Crippen molar-refractivity contribution >= 4 is 11.9 Å². The second kappa shape index (κ2) is 9.87. The number of benzene rings is 2. The lowest BCUT2D eigenvalue weighted by Crippen LogP contribution is -2.21. The average Bonchev–Trinajstić information content (AvgIpc) is 3.53. The minimum absolute atomic E-state index is 0.0816. The maximum Gasteiger partial charge on any atom is 0.338 e. The minimum Gasteiger partial charge on any atom is -0.478 e. The first-order chi connectivity index (χ1) is 18.7. The van der Waals surface area contributed by atoms with E-state index in [-0.39, 0.29) is 29.0 Å². The van der Waals surface area contributed by atoms with Gasteiger partial charge in [0.25, 0.3) is 0 Å². The first kappa shape index (κ1) is 25.4. The fraction of sp³-hybridized carbons (Fsp3) is 0.172. The van der Waals surface area contributed by atoms with Crippen LogP contribution in [0.4, 0.5) is 0 Å². The lowest BCUT2D eigenvalue weighted by molar-refractivity contribution is 0.0377. The lowest BCUT2D eigenvalue weighted by Gasteiger charge is -2.23. The van der Waals surface area contributed by atoms with Gasteiger partial charge in [0.1, 0.15) is 23.2 Å². The summed E-state index contributed by atoms with van der Waals surface area (Å²) in [6.07, 6.45) is -0.253. The summed E-state index contributed by atoms with van der Waals surface area (Å²) >= 11 is 0. The Morgan fingerprint density at radius 2 is 1.87 bits per heavy atom. The number of allylic oxidation sites excluding steroid dienone is 1. The van der Waals surface area contributed by atoms with Crippen molar-refractivity contribution in [2.75, 3.05) is 0 Å². The van der Waals surface area contributed by atoms with Gasteiger partial charge in [0.2, 0.25) is 11.8 Å². The van der Waals surface area contributed by atoms with E-state index in [1.807, 2.05) is 0 Å². The first-order valence-electron chi connectivity index (χ1n) is 12.1. The van der Waals surface area contributed by atoms with Crippen LogP contribution in [0.1, 0.15) is 57.5 Å². The largest absolute Gasteiger partial charge is 0.478 e. The molecule has 10 heteroatoms. The number of aryl methyl sites for hydroxylation is 1. The Morgan fingerprint density at radius 1 is 1.13 bits per heavy atom. The van der Waals surface area contributed by atoms with Gasteiger partial charge in [0.15, 0.2) is 0 Å². The van der Waals surface area contributed by atoms with Crippen molar-refractivity contribution in [2.45, 2.75) is 32.8 Å². The van der Waals surface area contributed by atoms with Crippen LogP contribution in [0.5, 0.6) is 5.88 Å². The third-order valence-electron chi connectivity index (χ3n) is 6.21. The number of nitrogens with two attached hydrogens (primary N) is 1. The number of hydrogen-bond donors (Lipinski definition) is 2. The smallest absolute Gasteiger partial charge is 0.338 e. The van der Waals surface area contributed by atoms with Crippen LogP contribution >= 0.6 is 0 Å². The molecule has 0 saturated carbocycles. The molecule has 0 aliphatic carbocycles. The van der Waals surface area contributed by atoms with E-state index in [1.54, 1.807) is 69.3 Å². The number of aromatic carboxylic acids is 1. The highest BCUT2D eigenvalue weighted by Gasteiger charge is 2.38. The van der Waals surface area contributed by atoms with E-state index in [2.05, 4.69) is 11.2 Å². The van der Waals surface area contributed by atoms with Gasteiger partial charge in [-0.3, -0.25) is 0 Å². The van der Waals surface area contributed by atoms with Crippen LogP contribution in [0.15, 0.2) is 76.5 Å². The van der Waals surface area contributed by atoms with Gasteiger partial charge in [0.05, 0.1) is 40.1 Å². The second-order valence-electron chi connectivity index (χ2n) is 9.23. The Kier molecular flexibility index (Phi) is 6.42. The molecule has 1 atom stereocenters. The Balaban J connectivity index is 1.58. The number of aromatic nitrogens is 2. The Bertz CT molecular complexity index is 1690.